The van der Waals surface area contributed by atoms with E-state index in [1.165, 1.54) is 19.2 Å². The molecule has 0 atom stereocenters. The lowest BCUT2D eigenvalue weighted by Gasteiger charge is -2.10. The summed E-state index contributed by atoms with van der Waals surface area (Å²) in [5.41, 5.74) is 0.427. The number of benzene rings is 2. The van der Waals surface area contributed by atoms with Gasteiger partial charge in [0, 0.05) is 15.0 Å². The largest absolute Gasteiger partial charge is 0.497 e. The average molecular weight is 421 g/mol. The Labute approximate surface area is 134 Å². The van der Waals surface area contributed by atoms with E-state index in [9.17, 15) is 8.42 Å². The number of halogens is 2. The van der Waals surface area contributed by atoms with Gasteiger partial charge in [0.1, 0.15) is 5.75 Å². The standard InChI is InChI=1S/C13H11Br2NO3S/c1-19-12-6-10(15)5-11(8-12)16-20(17,18)13-4-2-3-9(14)7-13/h2-8,16H,1H3. The highest BCUT2D eigenvalue weighted by molar-refractivity contribution is 9.10. The van der Waals surface area contributed by atoms with Crippen LogP contribution in [0.5, 0.6) is 5.75 Å². The zero-order valence-corrected chi connectivity index (χ0v) is 14.4. The molecule has 1 N–H and O–H groups in total. The van der Waals surface area contributed by atoms with Gasteiger partial charge < -0.3 is 4.74 Å². The lowest BCUT2D eigenvalue weighted by Crippen LogP contribution is -2.13. The average Bonchev–Trinajstić information content (AvgIpc) is 2.37. The lowest BCUT2D eigenvalue weighted by molar-refractivity contribution is 0.415. The first-order valence-electron chi connectivity index (χ1n) is 5.54. The number of anilines is 1. The molecule has 0 amide bonds. The Kier molecular flexibility index (Phi) is 4.72. The van der Waals surface area contributed by atoms with Crippen LogP contribution < -0.4 is 9.46 Å². The third kappa shape index (κ3) is 3.74. The van der Waals surface area contributed by atoms with E-state index < -0.39 is 10.0 Å². The summed E-state index contributed by atoms with van der Waals surface area (Å²) in [6, 6.07) is 11.5. The van der Waals surface area contributed by atoms with Crippen molar-refractivity contribution < 1.29 is 13.2 Å². The van der Waals surface area contributed by atoms with Gasteiger partial charge in [-0.3, -0.25) is 4.72 Å². The molecule has 0 aliphatic rings. The molecule has 0 spiro atoms. The van der Waals surface area contributed by atoms with Crippen LogP contribution in [-0.2, 0) is 10.0 Å². The molecule has 4 nitrogen and oxygen atoms in total. The molecule has 0 fully saturated rings. The molecule has 0 saturated carbocycles. The molecule has 0 bridgehead atoms. The summed E-state index contributed by atoms with van der Waals surface area (Å²) in [5, 5.41) is 0. The molecule has 0 saturated heterocycles. The second-order valence-electron chi connectivity index (χ2n) is 3.94. The summed E-state index contributed by atoms with van der Waals surface area (Å²) < 4.78 is 33.6. The Morgan fingerprint density at radius 1 is 1.05 bits per heavy atom. The first-order chi connectivity index (χ1) is 9.40. The fourth-order valence-electron chi connectivity index (χ4n) is 1.59. The molecule has 0 aromatic heterocycles. The van der Waals surface area contributed by atoms with Crippen molar-refractivity contribution in [3.63, 3.8) is 0 Å². The Morgan fingerprint density at radius 2 is 1.80 bits per heavy atom. The molecule has 0 aliphatic carbocycles. The molecule has 0 heterocycles. The normalized spacial score (nSPS) is 11.2. The van der Waals surface area contributed by atoms with Crippen molar-refractivity contribution in [2.24, 2.45) is 0 Å². The van der Waals surface area contributed by atoms with Crippen molar-refractivity contribution in [3.05, 3.63) is 51.4 Å². The van der Waals surface area contributed by atoms with E-state index in [-0.39, 0.29) is 4.90 Å². The number of rotatable bonds is 4. The SMILES string of the molecule is COc1cc(Br)cc(NS(=O)(=O)c2cccc(Br)c2)c1. The summed E-state index contributed by atoms with van der Waals surface area (Å²) in [7, 11) is -2.11. The topological polar surface area (TPSA) is 55.4 Å². The molecule has 106 valence electrons. The van der Waals surface area contributed by atoms with Crippen molar-refractivity contribution in [1.29, 1.82) is 0 Å². The van der Waals surface area contributed by atoms with Gasteiger partial charge in [-0.05, 0) is 30.3 Å². The summed E-state index contributed by atoms with van der Waals surface area (Å²) in [4.78, 5) is 0.186. The molecule has 0 unspecified atom stereocenters. The van der Waals surface area contributed by atoms with E-state index in [0.29, 0.717) is 15.9 Å². The maximum Gasteiger partial charge on any atom is 0.261 e. The number of nitrogens with one attached hydrogen (secondary N) is 1. The van der Waals surface area contributed by atoms with Crippen LogP contribution in [0.3, 0.4) is 0 Å². The maximum atomic E-state index is 12.3. The highest BCUT2D eigenvalue weighted by Crippen LogP contribution is 2.26. The van der Waals surface area contributed by atoms with E-state index in [2.05, 4.69) is 36.6 Å². The van der Waals surface area contributed by atoms with Crippen molar-refractivity contribution in [1.82, 2.24) is 0 Å². The summed E-state index contributed by atoms with van der Waals surface area (Å²) >= 11 is 6.56. The molecular formula is C13H11Br2NO3S. The smallest absolute Gasteiger partial charge is 0.261 e. The highest BCUT2D eigenvalue weighted by Gasteiger charge is 2.15. The van der Waals surface area contributed by atoms with Gasteiger partial charge in [-0.25, -0.2) is 8.42 Å². The molecule has 0 radical (unpaired) electrons. The Balaban J connectivity index is 2.35. The molecule has 7 heteroatoms. The molecule has 2 aromatic rings. The second kappa shape index (κ2) is 6.15. The van der Waals surface area contributed by atoms with E-state index in [0.717, 1.165) is 4.47 Å². The van der Waals surface area contributed by atoms with E-state index >= 15 is 0 Å². The minimum Gasteiger partial charge on any atom is -0.497 e. The van der Waals surface area contributed by atoms with Gasteiger partial charge in [0.05, 0.1) is 17.7 Å². The van der Waals surface area contributed by atoms with Crippen molar-refractivity contribution in [3.8, 4) is 5.75 Å². The predicted molar refractivity (Wildman–Crippen MR) is 85.6 cm³/mol. The fourth-order valence-corrected chi connectivity index (χ4v) is 3.70. The number of methoxy groups -OCH3 is 1. The van der Waals surface area contributed by atoms with Gasteiger partial charge in [-0.2, -0.15) is 0 Å². The van der Waals surface area contributed by atoms with Gasteiger partial charge in [-0.1, -0.05) is 37.9 Å². The zero-order chi connectivity index (χ0) is 14.8. The minimum absolute atomic E-state index is 0.186. The number of hydrogen-bond donors (Lipinski definition) is 1. The number of sulfonamides is 1. The van der Waals surface area contributed by atoms with E-state index in [1.54, 1.807) is 30.3 Å². The van der Waals surface area contributed by atoms with Gasteiger partial charge in [0.2, 0.25) is 0 Å². The van der Waals surface area contributed by atoms with Crippen LogP contribution in [0.4, 0.5) is 5.69 Å². The van der Waals surface area contributed by atoms with Gasteiger partial charge in [0.15, 0.2) is 0 Å². The van der Waals surface area contributed by atoms with Gasteiger partial charge in [0.25, 0.3) is 10.0 Å². The lowest BCUT2D eigenvalue weighted by atomic mass is 10.3. The summed E-state index contributed by atoms with van der Waals surface area (Å²) in [6.07, 6.45) is 0. The molecule has 2 aromatic carbocycles. The molecule has 0 aliphatic heterocycles. The third-order valence-electron chi connectivity index (χ3n) is 2.47. The van der Waals surface area contributed by atoms with Crippen LogP contribution in [0.15, 0.2) is 56.3 Å². The van der Waals surface area contributed by atoms with Gasteiger partial charge in [-0.15, -0.1) is 0 Å². The molecule has 2 rings (SSSR count). The first kappa shape index (κ1) is 15.3. The fraction of sp³-hybridized carbons (Fsp3) is 0.0769. The third-order valence-corrected chi connectivity index (χ3v) is 4.80. The van der Waals surface area contributed by atoms with Crippen LogP contribution in [0.2, 0.25) is 0 Å². The van der Waals surface area contributed by atoms with E-state index in [4.69, 9.17) is 4.74 Å². The van der Waals surface area contributed by atoms with Crippen LogP contribution in [0.25, 0.3) is 0 Å². The Bertz CT molecular complexity index is 732. The minimum atomic E-state index is -3.63. The molecule has 20 heavy (non-hydrogen) atoms. The maximum absolute atomic E-state index is 12.3. The number of ether oxygens (including phenoxy) is 1. The molecular weight excluding hydrogens is 410 g/mol. The quantitative estimate of drug-likeness (QED) is 0.812. The summed E-state index contributed by atoms with van der Waals surface area (Å²) in [5.74, 6) is 0.561. The number of hydrogen-bond acceptors (Lipinski definition) is 3. The van der Waals surface area contributed by atoms with Crippen LogP contribution >= 0.6 is 31.9 Å². The van der Waals surface area contributed by atoms with Crippen molar-refractivity contribution in [2.75, 3.05) is 11.8 Å². The first-order valence-corrected chi connectivity index (χ1v) is 8.60. The Hall–Kier alpha value is -1.05. The highest BCUT2D eigenvalue weighted by atomic mass is 79.9. The van der Waals surface area contributed by atoms with E-state index in [1.807, 2.05) is 0 Å². The predicted octanol–water partition coefficient (Wildman–Crippen LogP) is 4.02. The van der Waals surface area contributed by atoms with Crippen LogP contribution in [0, 0.1) is 0 Å². The zero-order valence-electron chi connectivity index (χ0n) is 10.4. The monoisotopic (exact) mass is 419 g/mol. The van der Waals surface area contributed by atoms with Crippen molar-refractivity contribution >= 4 is 47.6 Å². The Morgan fingerprint density at radius 3 is 2.45 bits per heavy atom. The van der Waals surface area contributed by atoms with Crippen molar-refractivity contribution in [2.45, 2.75) is 4.90 Å². The summed E-state index contributed by atoms with van der Waals surface area (Å²) in [6.45, 7) is 0. The van der Waals surface area contributed by atoms with Gasteiger partial charge >= 0.3 is 0 Å². The second-order valence-corrected chi connectivity index (χ2v) is 7.46. The van der Waals surface area contributed by atoms with Crippen LogP contribution in [0.1, 0.15) is 0 Å². The van der Waals surface area contributed by atoms with Crippen LogP contribution in [-0.4, -0.2) is 15.5 Å².